The maximum absolute atomic E-state index is 12.2. The van der Waals surface area contributed by atoms with Crippen molar-refractivity contribution in [1.29, 1.82) is 0 Å². The predicted octanol–water partition coefficient (Wildman–Crippen LogP) is 1.32. The maximum atomic E-state index is 12.2. The zero-order valence-corrected chi connectivity index (χ0v) is 15.7. The van der Waals surface area contributed by atoms with E-state index < -0.39 is 10.0 Å². The van der Waals surface area contributed by atoms with Crippen molar-refractivity contribution in [2.24, 2.45) is 10.7 Å². The van der Waals surface area contributed by atoms with Crippen LogP contribution >= 0.6 is 0 Å². The molecule has 0 aliphatic carbocycles. The summed E-state index contributed by atoms with van der Waals surface area (Å²) in [5.74, 6) is 0.0826. The molecule has 0 spiro atoms. The molecule has 27 heavy (non-hydrogen) atoms. The van der Waals surface area contributed by atoms with Crippen LogP contribution in [0.3, 0.4) is 0 Å². The number of benzene rings is 2. The van der Waals surface area contributed by atoms with Gasteiger partial charge in [0.2, 0.25) is 5.91 Å². The van der Waals surface area contributed by atoms with Crippen molar-refractivity contribution < 1.29 is 13.2 Å². The number of hydrogen-bond donors (Lipinski definition) is 3. The number of rotatable bonds is 6. The summed E-state index contributed by atoms with van der Waals surface area (Å²) in [7, 11) is -3.58. The lowest BCUT2D eigenvalue weighted by molar-refractivity contribution is -0.121. The zero-order valence-electron chi connectivity index (χ0n) is 14.9. The third-order valence-corrected chi connectivity index (χ3v) is 5.64. The molecular formula is C19H22N4O3S. The number of nitrogens with zero attached hydrogens (tertiary/aromatic N) is 1. The van der Waals surface area contributed by atoms with Gasteiger partial charge in [-0.2, -0.15) is 0 Å². The fourth-order valence-corrected chi connectivity index (χ4v) is 4.12. The molecule has 1 aliphatic heterocycles. The Morgan fingerprint density at radius 1 is 1.15 bits per heavy atom. The first kappa shape index (κ1) is 19.1. The summed E-state index contributed by atoms with van der Waals surface area (Å²) >= 11 is 0. The van der Waals surface area contributed by atoms with Crippen molar-refractivity contribution in [2.75, 3.05) is 6.54 Å². The highest BCUT2D eigenvalue weighted by atomic mass is 32.2. The summed E-state index contributed by atoms with van der Waals surface area (Å²) < 4.78 is 26.6. The van der Waals surface area contributed by atoms with Gasteiger partial charge in [-0.15, -0.1) is 0 Å². The van der Waals surface area contributed by atoms with Gasteiger partial charge in [-0.05, 0) is 24.6 Å². The van der Waals surface area contributed by atoms with E-state index in [0.29, 0.717) is 12.1 Å². The van der Waals surface area contributed by atoms with Crippen LogP contribution in [0.15, 0.2) is 64.5 Å². The van der Waals surface area contributed by atoms with Crippen molar-refractivity contribution in [3.05, 3.63) is 65.7 Å². The van der Waals surface area contributed by atoms with E-state index in [9.17, 15) is 13.2 Å². The van der Waals surface area contributed by atoms with Gasteiger partial charge in [0, 0.05) is 24.6 Å². The lowest BCUT2D eigenvalue weighted by Crippen LogP contribution is -2.33. The number of aliphatic imine (C=N–C) groups is 1. The second kappa shape index (κ2) is 7.89. The summed E-state index contributed by atoms with van der Waals surface area (Å²) in [6.07, 6.45) is 0.134. The Morgan fingerprint density at radius 3 is 2.56 bits per heavy atom. The number of amides is 1. The molecule has 2 aromatic carbocycles. The minimum absolute atomic E-state index is 0.134. The minimum Gasteiger partial charge on any atom is -0.354 e. The van der Waals surface area contributed by atoms with Crippen molar-refractivity contribution >= 4 is 21.8 Å². The second-order valence-corrected chi connectivity index (χ2v) is 8.10. The van der Waals surface area contributed by atoms with E-state index in [1.54, 1.807) is 25.1 Å². The number of nitrogens with two attached hydrogens (primary N) is 1. The Balaban J connectivity index is 1.59. The molecule has 8 heteroatoms. The third kappa shape index (κ3) is 4.53. The molecule has 0 saturated carbocycles. The molecule has 0 saturated heterocycles. The van der Waals surface area contributed by atoms with Crippen LogP contribution in [0.1, 0.15) is 30.5 Å². The number of fused-ring (bicyclic) bond motifs is 1. The van der Waals surface area contributed by atoms with Crippen LogP contribution in [0, 0.1) is 0 Å². The monoisotopic (exact) mass is 386 g/mol. The molecule has 1 heterocycles. The van der Waals surface area contributed by atoms with Gasteiger partial charge in [-0.3, -0.25) is 14.5 Å². The van der Waals surface area contributed by atoms with Crippen LogP contribution in [0.4, 0.5) is 0 Å². The maximum Gasteiger partial charge on any atom is 0.263 e. The van der Waals surface area contributed by atoms with Crippen LogP contribution < -0.4 is 15.8 Å². The molecule has 4 N–H and O–H groups in total. The molecule has 7 nitrogen and oxygen atoms in total. The molecule has 0 radical (unpaired) electrons. The summed E-state index contributed by atoms with van der Waals surface area (Å²) in [5, 5.41) is 2.80. The molecule has 0 fully saturated rings. The van der Waals surface area contributed by atoms with Crippen LogP contribution in [0.25, 0.3) is 0 Å². The Hall–Kier alpha value is -2.71. The minimum atomic E-state index is -3.58. The van der Waals surface area contributed by atoms with Crippen molar-refractivity contribution in [3.8, 4) is 0 Å². The van der Waals surface area contributed by atoms with E-state index in [1.165, 1.54) is 6.07 Å². The molecule has 1 amide bonds. The Morgan fingerprint density at radius 2 is 1.81 bits per heavy atom. The van der Waals surface area contributed by atoms with Gasteiger partial charge < -0.3 is 11.1 Å². The molecule has 2 unspecified atom stereocenters. The number of sulfonamides is 1. The smallest absolute Gasteiger partial charge is 0.263 e. The molecule has 0 aromatic heterocycles. The van der Waals surface area contributed by atoms with Crippen LogP contribution in [0.5, 0.6) is 0 Å². The number of carbonyl (C=O) groups excluding carboxylic acids is 1. The highest BCUT2D eigenvalue weighted by Crippen LogP contribution is 2.22. The average Bonchev–Trinajstić information content (AvgIpc) is 2.91. The highest BCUT2D eigenvalue weighted by Gasteiger charge is 2.30. The SMILES string of the molecule is CC(CC(=O)NCC(N)c1ccccc1)N=C1NS(=O)(=O)c2ccccc21. The van der Waals surface area contributed by atoms with E-state index in [4.69, 9.17) is 5.73 Å². The fourth-order valence-electron chi connectivity index (χ4n) is 2.88. The average molecular weight is 386 g/mol. The normalized spacial score (nSPS) is 18.4. The van der Waals surface area contributed by atoms with E-state index in [1.807, 2.05) is 30.3 Å². The Bertz CT molecular complexity index is 958. The first-order valence-corrected chi connectivity index (χ1v) is 10.1. The van der Waals surface area contributed by atoms with Gasteiger partial charge in [0.05, 0.1) is 10.9 Å². The summed E-state index contributed by atoms with van der Waals surface area (Å²) in [6, 6.07) is 15.5. The number of hydrogen-bond acceptors (Lipinski definition) is 5. The number of nitrogens with one attached hydrogen (secondary N) is 2. The van der Waals surface area contributed by atoms with Gasteiger partial charge in [0.15, 0.2) is 0 Å². The molecule has 1 aliphatic rings. The van der Waals surface area contributed by atoms with Gasteiger partial charge >= 0.3 is 0 Å². The van der Waals surface area contributed by atoms with Crippen LogP contribution in [-0.4, -0.2) is 32.7 Å². The lowest BCUT2D eigenvalue weighted by Gasteiger charge is -2.14. The van der Waals surface area contributed by atoms with Crippen molar-refractivity contribution in [3.63, 3.8) is 0 Å². The topological polar surface area (TPSA) is 114 Å². The van der Waals surface area contributed by atoms with E-state index in [0.717, 1.165) is 5.56 Å². The van der Waals surface area contributed by atoms with Crippen molar-refractivity contribution in [2.45, 2.75) is 30.3 Å². The van der Waals surface area contributed by atoms with Crippen LogP contribution in [0.2, 0.25) is 0 Å². The molecule has 2 aromatic rings. The first-order chi connectivity index (χ1) is 12.9. The number of carbonyl (C=O) groups is 1. The first-order valence-electron chi connectivity index (χ1n) is 8.64. The fraction of sp³-hybridized carbons (Fsp3) is 0.263. The third-order valence-electron chi connectivity index (χ3n) is 4.24. The summed E-state index contributed by atoms with van der Waals surface area (Å²) in [4.78, 5) is 16.7. The lowest BCUT2D eigenvalue weighted by atomic mass is 10.1. The Labute approximate surface area is 158 Å². The Kier molecular flexibility index (Phi) is 5.57. The standard InChI is InChI=1S/C19H22N4O3S/c1-13(11-18(24)21-12-16(20)14-7-3-2-4-8-14)22-19-15-9-5-6-10-17(15)27(25,26)23-19/h2-10,13,16H,11-12,20H2,1H3,(H,21,24)(H,22,23). The van der Waals surface area contributed by atoms with Gasteiger partial charge in [-0.25, -0.2) is 8.42 Å². The van der Waals surface area contributed by atoms with Gasteiger partial charge in [0.1, 0.15) is 5.84 Å². The second-order valence-electron chi connectivity index (χ2n) is 6.45. The molecule has 2 atom stereocenters. The number of amidine groups is 1. The molecule has 142 valence electrons. The highest BCUT2D eigenvalue weighted by molar-refractivity contribution is 7.90. The predicted molar refractivity (Wildman–Crippen MR) is 104 cm³/mol. The van der Waals surface area contributed by atoms with Crippen LogP contribution in [-0.2, 0) is 14.8 Å². The largest absolute Gasteiger partial charge is 0.354 e. The van der Waals surface area contributed by atoms with Gasteiger partial charge in [0.25, 0.3) is 10.0 Å². The molecular weight excluding hydrogens is 364 g/mol. The summed E-state index contributed by atoms with van der Waals surface area (Å²) in [5.41, 5.74) is 7.54. The molecule has 0 bridgehead atoms. The van der Waals surface area contributed by atoms with E-state index in [-0.39, 0.29) is 35.1 Å². The zero-order chi connectivity index (χ0) is 19.4. The summed E-state index contributed by atoms with van der Waals surface area (Å²) in [6.45, 7) is 2.08. The van der Waals surface area contributed by atoms with E-state index in [2.05, 4.69) is 15.0 Å². The molecule has 3 rings (SSSR count). The van der Waals surface area contributed by atoms with Crippen molar-refractivity contribution in [1.82, 2.24) is 10.0 Å². The van der Waals surface area contributed by atoms with Gasteiger partial charge in [-0.1, -0.05) is 42.5 Å². The quantitative estimate of drug-likeness (QED) is 0.695. The van der Waals surface area contributed by atoms with E-state index >= 15 is 0 Å².